The molecule has 0 spiro atoms. The summed E-state index contributed by atoms with van der Waals surface area (Å²) in [5, 5.41) is 8.16. The number of anilines is 1. The molecule has 0 aliphatic carbocycles. The molecule has 4 aromatic rings. The lowest BCUT2D eigenvalue weighted by molar-refractivity contribution is 0.101. The Balaban J connectivity index is 1.67. The van der Waals surface area contributed by atoms with Crippen LogP contribution in [0.5, 0.6) is 0 Å². The summed E-state index contributed by atoms with van der Waals surface area (Å²) in [6, 6.07) is 11.4. The summed E-state index contributed by atoms with van der Waals surface area (Å²) in [5.41, 5.74) is 5.28. The summed E-state index contributed by atoms with van der Waals surface area (Å²) >= 11 is 6.28. The molecular weight excluding hydrogens is 388 g/mol. The third kappa shape index (κ3) is 3.23. The molecule has 0 fully saturated rings. The van der Waals surface area contributed by atoms with Gasteiger partial charge in [0.05, 0.1) is 27.6 Å². The number of amides is 1. The maximum absolute atomic E-state index is 13.0. The van der Waals surface area contributed by atoms with Crippen molar-refractivity contribution in [2.45, 2.75) is 33.7 Å². The predicted molar refractivity (Wildman–Crippen MR) is 116 cm³/mol. The number of nitrogens with zero attached hydrogens (tertiary/aromatic N) is 3. The lowest BCUT2D eigenvalue weighted by atomic mass is 10.2. The summed E-state index contributed by atoms with van der Waals surface area (Å²) in [6.45, 7) is 7.98. The van der Waals surface area contributed by atoms with Crippen molar-refractivity contribution in [1.82, 2.24) is 14.3 Å². The van der Waals surface area contributed by atoms with Crippen LogP contribution in [-0.2, 0) is 7.05 Å². The van der Waals surface area contributed by atoms with Gasteiger partial charge in [-0.25, -0.2) is 0 Å². The first-order valence-electron chi connectivity index (χ1n) is 9.49. The molecule has 3 aromatic heterocycles. The number of aryl methyl sites for hydroxylation is 2. The molecule has 6 nitrogen and oxygen atoms in total. The first-order chi connectivity index (χ1) is 13.8. The van der Waals surface area contributed by atoms with Crippen molar-refractivity contribution in [1.29, 1.82) is 0 Å². The topological polar surface area (TPSA) is 65.0 Å². The highest BCUT2D eigenvalue weighted by Gasteiger charge is 2.21. The van der Waals surface area contributed by atoms with Gasteiger partial charge in [-0.15, -0.1) is 0 Å². The minimum Gasteiger partial charge on any atom is -0.454 e. The van der Waals surface area contributed by atoms with Crippen molar-refractivity contribution in [3.63, 3.8) is 0 Å². The van der Waals surface area contributed by atoms with Gasteiger partial charge in [-0.1, -0.05) is 23.7 Å². The Bertz CT molecular complexity index is 1230. The lowest BCUT2D eigenvalue weighted by Crippen LogP contribution is -2.16. The SMILES string of the molecule is Cc1nn(C(C)C)c(C)c1NC(=O)c1cc2oc(-c3ccccc3Cl)cc2n1C. The number of nitrogens with one attached hydrogen (secondary N) is 1. The zero-order valence-corrected chi connectivity index (χ0v) is 17.8. The summed E-state index contributed by atoms with van der Waals surface area (Å²) in [4.78, 5) is 13.0. The van der Waals surface area contributed by atoms with Crippen LogP contribution in [0.25, 0.3) is 22.4 Å². The van der Waals surface area contributed by atoms with Gasteiger partial charge >= 0.3 is 0 Å². The number of carbonyl (C=O) groups excluding carboxylic acids is 1. The Morgan fingerprint density at radius 2 is 1.93 bits per heavy atom. The molecule has 0 radical (unpaired) electrons. The van der Waals surface area contributed by atoms with E-state index in [4.69, 9.17) is 16.0 Å². The maximum atomic E-state index is 13.0. The number of hydrogen-bond acceptors (Lipinski definition) is 3. The van der Waals surface area contributed by atoms with E-state index in [0.29, 0.717) is 22.1 Å². The Morgan fingerprint density at radius 1 is 1.21 bits per heavy atom. The van der Waals surface area contributed by atoms with E-state index >= 15 is 0 Å². The molecule has 1 aromatic carbocycles. The van der Waals surface area contributed by atoms with Crippen molar-refractivity contribution in [3.8, 4) is 11.3 Å². The van der Waals surface area contributed by atoms with Gasteiger partial charge in [-0.05, 0) is 39.8 Å². The zero-order valence-electron chi connectivity index (χ0n) is 17.1. The largest absolute Gasteiger partial charge is 0.454 e. The van der Waals surface area contributed by atoms with Crippen LogP contribution in [0.3, 0.4) is 0 Å². The summed E-state index contributed by atoms with van der Waals surface area (Å²) < 4.78 is 9.72. The first kappa shape index (κ1) is 19.3. The highest BCUT2D eigenvalue weighted by Crippen LogP contribution is 2.34. The Kier molecular flexibility index (Phi) is 4.74. The molecule has 0 saturated heterocycles. The van der Waals surface area contributed by atoms with E-state index in [1.54, 1.807) is 6.07 Å². The lowest BCUT2D eigenvalue weighted by Gasteiger charge is -2.10. The van der Waals surface area contributed by atoms with Crippen molar-refractivity contribution in [2.75, 3.05) is 5.32 Å². The molecule has 0 saturated carbocycles. The third-order valence-electron chi connectivity index (χ3n) is 5.16. The molecule has 0 aliphatic heterocycles. The minimum atomic E-state index is -0.201. The molecule has 4 rings (SSSR count). The fourth-order valence-corrected chi connectivity index (χ4v) is 3.88. The Labute approximate surface area is 174 Å². The number of rotatable bonds is 4. The standard InChI is InChI=1S/C22H23ClN4O2/c1-12(2)27-14(4)21(13(3)25-27)24-22(28)18-11-20-17(26(18)5)10-19(29-20)15-8-6-7-9-16(15)23/h6-12H,1-5H3,(H,24,28). The number of carbonyl (C=O) groups is 1. The van der Waals surface area contributed by atoms with Gasteiger partial charge in [-0.2, -0.15) is 5.10 Å². The summed E-state index contributed by atoms with van der Waals surface area (Å²) in [5.74, 6) is 0.473. The van der Waals surface area contributed by atoms with Crippen LogP contribution in [0.15, 0.2) is 40.8 Å². The van der Waals surface area contributed by atoms with Crippen LogP contribution in [0.2, 0.25) is 5.02 Å². The van der Waals surface area contributed by atoms with Gasteiger partial charge in [0.25, 0.3) is 5.91 Å². The maximum Gasteiger partial charge on any atom is 0.272 e. The van der Waals surface area contributed by atoms with Gasteiger partial charge in [-0.3, -0.25) is 9.48 Å². The van der Waals surface area contributed by atoms with E-state index < -0.39 is 0 Å². The van der Waals surface area contributed by atoms with E-state index in [9.17, 15) is 4.79 Å². The van der Waals surface area contributed by atoms with Crippen LogP contribution in [0.4, 0.5) is 5.69 Å². The van der Waals surface area contributed by atoms with E-state index in [1.165, 1.54) is 0 Å². The molecule has 29 heavy (non-hydrogen) atoms. The molecule has 0 bridgehead atoms. The molecule has 3 heterocycles. The average Bonchev–Trinajstić information content (AvgIpc) is 3.31. The second-order valence-corrected chi connectivity index (χ2v) is 7.87. The highest BCUT2D eigenvalue weighted by atomic mass is 35.5. The second kappa shape index (κ2) is 7.12. The number of benzene rings is 1. The van der Waals surface area contributed by atoms with Gasteiger partial charge in [0.15, 0.2) is 5.58 Å². The molecule has 150 valence electrons. The van der Waals surface area contributed by atoms with Crippen LogP contribution >= 0.6 is 11.6 Å². The Hall–Kier alpha value is -2.99. The quantitative estimate of drug-likeness (QED) is 0.466. The molecule has 0 aliphatic rings. The van der Waals surface area contributed by atoms with Crippen LogP contribution in [-0.4, -0.2) is 20.3 Å². The normalized spacial score (nSPS) is 11.6. The Morgan fingerprint density at radius 3 is 2.55 bits per heavy atom. The van der Waals surface area contributed by atoms with E-state index in [1.807, 2.05) is 60.5 Å². The van der Waals surface area contributed by atoms with Crippen molar-refractivity contribution < 1.29 is 9.21 Å². The van der Waals surface area contributed by atoms with E-state index in [0.717, 1.165) is 28.2 Å². The molecule has 1 N–H and O–H groups in total. The number of furan rings is 1. The van der Waals surface area contributed by atoms with Crippen molar-refractivity contribution in [2.24, 2.45) is 7.05 Å². The molecule has 7 heteroatoms. The monoisotopic (exact) mass is 410 g/mol. The van der Waals surface area contributed by atoms with E-state index in [2.05, 4.69) is 24.3 Å². The number of fused-ring (bicyclic) bond motifs is 1. The first-order valence-corrected chi connectivity index (χ1v) is 9.87. The number of halogens is 1. The van der Waals surface area contributed by atoms with Gasteiger partial charge in [0.2, 0.25) is 0 Å². The van der Waals surface area contributed by atoms with Gasteiger partial charge < -0.3 is 14.3 Å². The van der Waals surface area contributed by atoms with Gasteiger partial charge in [0.1, 0.15) is 11.5 Å². The average molecular weight is 411 g/mol. The number of hydrogen-bond donors (Lipinski definition) is 1. The number of aromatic nitrogens is 3. The van der Waals surface area contributed by atoms with Crippen LogP contribution in [0.1, 0.15) is 41.8 Å². The predicted octanol–water partition coefficient (Wildman–Crippen LogP) is 5.74. The third-order valence-corrected chi connectivity index (χ3v) is 5.48. The molecule has 0 atom stereocenters. The zero-order chi connectivity index (χ0) is 20.9. The highest BCUT2D eigenvalue weighted by molar-refractivity contribution is 6.33. The van der Waals surface area contributed by atoms with Crippen LogP contribution < -0.4 is 5.32 Å². The second-order valence-electron chi connectivity index (χ2n) is 7.47. The van der Waals surface area contributed by atoms with Crippen molar-refractivity contribution in [3.05, 3.63) is 58.5 Å². The minimum absolute atomic E-state index is 0.201. The fourth-order valence-electron chi connectivity index (χ4n) is 3.65. The van der Waals surface area contributed by atoms with E-state index in [-0.39, 0.29) is 11.9 Å². The molecule has 0 unspecified atom stereocenters. The van der Waals surface area contributed by atoms with Crippen molar-refractivity contribution >= 4 is 34.3 Å². The fraction of sp³-hybridized carbons (Fsp3) is 0.273. The molecule has 1 amide bonds. The molecular formula is C22H23ClN4O2. The van der Waals surface area contributed by atoms with Gasteiger partial charge in [0, 0.05) is 30.8 Å². The summed E-state index contributed by atoms with van der Waals surface area (Å²) in [7, 11) is 1.85. The summed E-state index contributed by atoms with van der Waals surface area (Å²) in [6.07, 6.45) is 0. The van der Waals surface area contributed by atoms with Crippen LogP contribution in [0, 0.1) is 13.8 Å². The smallest absolute Gasteiger partial charge is 0.272 e.